The van der Waals surface area contributed by atoms with Crippen molar-refractivity contribution in [3.05, 3.63) is 0 Å². The zero-order valence-corrected chi connectivity index (χ0v) is 17.3. The molecule has 0 spiro atoms. The van der Waals surface area contributed by atoms with Gasteiger partial charge in [0.2, 0.25) is 0 Å². The van der Waals surface area contributed by atoms with Crippen LogP contribution in [0.3, 0.4) is 0 Å². The Bertz CT molecular complexity index is 114. The first-order chi connectivity index (χ1) is 7.59. The van der Waals surface area contributed by atoms with Crippen molar-refractivity contribution in [2.45, 2.75) is 79.8 Å². The predicted octanol–water partition coefficient (Wildman–Crippen LogP) is 1.61. The van der Waals surface area contributed by atoms with Crippen LogP contribution in [0, 0.1) is 0 Å². The molecule has 0 heterocycles. The average molecular weight is 356 g/mol. The number of rotatable bonds is 4. The maximum absolute atomic E-state index is 6.58. The molecule has 0 unspecified atom stereocenters. The third kappa shape index (κ3) is 84.9. The summed E-state index contributed by atoms with van der Waals surface area (Å²) >= 11 is -0.245. The minimum atomic E-state index is -0.245. The fourth-order valence-corrected chi connectivity index (χ4v) is 0.763. The summed E-state index contributed by atoms with van der Waals surface area (Å²) < 4.78 is 10.4. The molecule has 0 atom stereocenters. The fourth-order valence-electron chi connectivity index (χ4n) is 0.254. The standard InChI is InChI=1S/2C3H8O.2C3H7O.Al.Y/c4*1-3(2)4;;/h2*3-4H,1-2H3;2*3H,1-2H3;;/q;;2*-1;+1;/p+2. The maximum atomic E-state index is 6.58. The molecular weight excluding hydrogens is 324 g/mol. The van der Waals surface area contributed by atoms with Gasteiger partial charge in [0.1, 0.15) is 28.1 Å². The summed E-state index contributed by atoms with van der Waals surface area (Å²) in [5.74, 6) is 0. The fraction of sp³-hybridized carbons (Fsp3) is 1.00. The van der Waals surface area contributed by atoms with Gasteiger partial charge in [-0.3, -0.25) is 0 Å². The van der Waals surface area contributed by atoms with E-state index in [-0.39, 0.29) is 60.8 Å². The minimum Gasteiger partial charge on any atom is -0.677 e. The number of hydrogen-bond donors (Lipinski definition) is 0. The summed E-state index contributed by atoms with van der Waals surface area (Å²) in [5.41, 5.74) is 0. The van der Waals surface area contributed by atoms with E-state index in [1.54, 1.807) is 0 Å². The molecule has 4 nitrogen and oxygen atoms in total. The zero-order chi connectivity index (χ0) is 14.4. The van der Waals surface area contributed by atoms with Crippen LogP contribution < -0.4 is 0 Å². The summed E-state index contributed by atoms with van der Waals surface area (Å²) in [5, 5.41) is 13.2. The normalized spacial score (nSPS) is 9.67. The molecule has 0 aromatic rings. The summed E-state index contributed by atoms with van der Waals surface area (Å²) in [4.78, 5) is 0. The van der Waals surface area contributed by atoms with Crippen molar-refractivity contribution in [1.82, 2.24) is 0 Å². The predicted molar refractivity (Wildman–Crippen MR) is 75.7 cm³/mol. The second kappa shape index (κ2) is 20.8. The summed E-state index contributed by atoms with van der Waals surface area (Å²) in [6, 6.07) is 0. The van der Waals surface area contributed by atoms with Crippen molar-refractivity contribution in [3.8, 4) is 0 Å². The van der Waals surface area contributed by atoms with Crippen LogP contribution in [-0.2, 0) is 40.3 Å². The molecule has 0 aromatic carbocycles. The summed E-state index contributed by atoms with van der Waals surface area (Å²) in [6.07, 6.45) is 0.775. The first-order valence-electron chi connectivity index (χ1n) is 6.14. The molecule has 0 aliphatic rings. The van der Waals surface area contributed by atoms with Gasteiger partial charge in [0.05, 0.1) is 0 Å². The Hall–Kier alpha value is 1.48. The van der Waals surface area contributed by atoms with Crippen LogP contribution in [0.4, 0.5) is 0 Å². The van der Waals surface area contributed by atoms with Gasteiger partial charge in [-0.05, 0) is 39.9 Å². The summed E-state index contributed by atoms with van der Waals surface area (Å²) in [6.45, 7) is 15.4. The van der Waals surface area contributed by atoms with Gasteiger partial charge in [-0.25, -0.2) is 0 Å². The molecule has 6 heteroatoms. The van der Waals surface area contributed by atoms with Gasteiger partial charge in [-0.1, -0.05) is 0 Å². The van der Waals surface area contributed by atoms with Crippen molar-refractivity contribution in [2.24, 2.45) is 0 Å². The van der Waals surface area contributed by atoms with Crippen molar-refractivity contribution in [3.63, 3.8) is 0 Å². The SMILES string of the molecule is CC(C)[OH2+].CC(C)[OH2+].CC(C)[O][Al-][O]C(C)C.[Y]. The van der Waals surface area contributed by atoms with E-state index in [1.807, 2.05) is 55.4 Å². The van der Waals surface area contributed by atoms with E-state index in [2.05, 4.69) is 0 Å². The Balaban J connectivity index is -0.0000000922. The second-order valence-corrected chi connectivity index (χ2v) is 5.51. The van der Waals surface area contributed by atoms with Gasteiger partial charge in [-0.15, -0.1) is 0 Å². The molecule has 0 rings (SSSR count). The van der Waals surface area contributed by atoms with Crippen LogP contribution in [0.15, 0.2) is 0 Å². The Labute approximate surface area is 145 Å². The van der Waals surface area contributed by atoms with Gasteiger partial charge in [0.25, 0.3) is 0 Å². The quantitative estimate of drug-likeness (QED) is 0.567. The van der Waals surface area contributed by atoms with E-state index in [9.17, 15) is 0 Å². The molecule has 0 aliphatic heterocycles. The first kappa shape index (κ1) is 27.8. The topological polar surface area (TPSA) is 64.3 Å². The number of hydrogen-bond acceptors (Lipinski definition) is 2. The minimum absolute atomic E-state index is 0. The molecule has 0 amide bonds. The van der Waals surface area contributed by atoms with E-state index < -0.39 is 0 Å². The van der Waals surface area contributed by atoms with E-state index in [1.165, 1.54) is 0 Å². The molecular formula is C12H32AlO4Y+. The van der Waals surface area contributed by atoms with Crippen LogP contribution >= 0.6 is 0 Å². The molecule has 4 N–H and O–H groups in total. The van der Waals surface area contributed by atoms with Crippen LogP contribution in [-0.4, -0.2) is 50.5 Å². The zero-order valence-electron chi connectivity index (χ0n) is 13.3. The molecule has 0 aromatic heterocycles. The third-order valence-corrected chi connectivity index (χ3v) is 1.97. The van der Waals surface area contributed by atoms with E-state index >= 15 is 0 Å². The Morgan fingerprint density at radius 3 is 0.944 bits per heavy atom. The summed E-state index contributed by atoms with van der Waals surface area (Å²) in [7, 11) is 0. The largest absolute Gasteiger partial charge is 0.677 e. The third-order valence-electron chi connectivity index (χ3n) is 0.655. The van der Waals surface area contributed by atoms with Crippen molar-refractivity contribution < 1.29 is 50.5 Å². The van der Waals surface area contributed by atoms with Crippen LogP contribution in [0.1, 0.15) is 55.4 Å². The van der Waals surface area contributed by atoms with Crippen LogP contribution in [0.25, 0.3) is 0 Å². The first-order valence-corrected chi connectivity index (χ1v) is 7.08. The molecule has 0 saturated heterocycles. The van der Waals surface area contributed by atoms with Crippen LogP contribution in [0.2, 0.25) is 0 Å². The molecule has 0 aliphatic carbocycles. The van der Waals surface area contributed by atoms with Crippen molar-refractivity contribution in [1.29, 1.82) is 0 Å². The van der Waals surface area contributed by atoms with E-state index in [4.69, 9.17) is 17.8 Å². The Morgan fingerprint density at radius 2 is 0.833 bits per heavy atom. The Morgan fingerprint density at radius 1 is 0.667 bits per heavy atom. The Kier molecular flexibility index (Phi) is 32.1. The van der Waals surface area contributed by atoms with Gasteiger partial charge in [0.15, 0.2) is 0 Å². The van der Waals surface area contributed by atoms with Gasteiger partial charge in [0, 0.05) is 60.4 Å². The average Bonchev–Trinajstić information content (AvgIpc) is 1.99. The molecule has 0 bridgehead atoms. The molecule has 3 radical (unpaired) electrons. The second-order valence-electron chi connectivity index (χ2n) is 4.78. The smallest absolute Gasteiger partial charge is 0.147 e. The van der Waals surface area contributed by atoms with Gasteiger partial charge >= 0.3 is 0 Å². The maximum Gasteiger partial charge on any atom is 0.147 e. The molecule has 18 heavy (non-hydrogen) atoms. The van der Waals surface area contributed by atoms with Crippen molar-refractivity contribution >= 4 is 15.9 Å². The monoisotopic (exact) mass is 356 g/mol. The van der Waals surface area contributed by atoms with E-state index in [0.717, 1.165) is 0 Å². The molecule has 109 valence electrons. The van der Waals surface area contributed by atoms with Crippen LogP contribution in [0.5, 0.6) is 0 Å². The van der Waals surface area contributed by atoms with Crippen molar-refractivity contribution in [2.75, 3.05) is 0 Å². The van der Waals surface area contributed by atoms with E-state index in [0.29, 0.717) is 12.2 Å². The van der Waals surface area contributed by atoms with Gasteiger partial charge < -0.3 is 17.8 Å². The van der Waals surface area contributed by atoms with Gasteiger partial charge in [-0.2, -0.15) is 0 Å². The molecule has 0 fully saturated rings. The molecule has 0 saturated carbocycles.